The molecule has 4 nitrogen and oxygen atoms in total. The van der Waals surface area contributed by atoms with Gasteiger partial charge in [0.05, 0.1) is 4.90 Å². The van der Waals surface area contributed by atoms with E-state index in [1.807, 2.05) is 0 Å². The minimum atomic E-state index is -4.23. The van der Waals surface area contributed by atoms with Gasteiger partial charge in [0, 0.05) is 6.07 Å². The molecule has 0 atom stereocenters. The van der Waals surface area contributed by atoms with E-state index in [9.17, 15) is 13.5 Å². The van der Waals surface area contributed by atoms with Crippen molar-refractivity contribution in [3.05, 3.63) is 23.8 Å². The molecule has 2 N–H and O–H groups in total. The molecule has 0 bridgehead atoms. The molecule has 0 saturated heterocycles. The maximum absolute atomic E-state index is 10.8. The molecule has 0 aliphatic carbocycles. The monoisotopic (exact) mass is 268 g/mol. The van der Waals surface area contributed by atoms with Crippen molar-refractivity contribution in [2.24, 2.45) is 0 Å². The predicted octanol–water partition coefficient (Wildman–Crippen LogP) is -0.512. The molecule has 0 aliphatic heterocycles. The first-order valence-electron chi connectivity index (χ1n) is 5.24. The van der Waals surface area contributed by atoms with E-state index in [0.717, 1.165) is 25.3 Å². The fraction of sp³-hybridized carbons (Fsp3) is 0.455. The second kappa shape index (κ2) is 7.38. The number of rotatable bonds is 5. The van der Waals surface area contributed by atoms with Crippen LogP contribution < -0.4 is 29.6 Å². The zero-order valence-electron chi connectivity index (χ0n) is 11.2. The minimum Gasteiger partial charge on any atom is -1.00 e. The summed E-state index contributed by atoms with van der Waals surface area (Å²) in [5.41, 5.74) is 0.709. The molecule has 0 spiro atoms. The van der Waals surface area contributed by atoms with E-state index in [1.54, 1.807) is 0 Å². The largest absolute Gasteiger partial charge is 1.00 e. The Bertz CT molecular complexity index is 462. The maximum atomic E-state index is 10.8. The van der Waals surface area contributed by atoms with Gasteiger partial charge in [0.1, 0.15) is 5.75 Å². The van der Waals surface area contributed by atoms with Gasteiger partial charge in [-0.1, -0.05) is 25.8 Å². The van der Waals surface area contributed by atoms with E-state index in [2.05, 4.69) is 6.92 Å². The molecule has 1 rings (SSSR count). The molecule has 0 aliphatic rings. The molecule has 17 heavy (non-hydrogen) atoms. The van der Waals surface area contributed by atoms with Crippen LogP contribution in [-0.2, 0) is 16.5 Å². The Morgan fingerprint density at radius 2 is 1.94 bits per heavy atom. The molecule has 92 valence electrons. The van der Waals surface area contributed by atoms with Crippen molar-refractivity contribution in [2.45, 2.75) is 37.5 Å². The topological polar surface area (TPSA) is 74.6 Å². The van der Waals surface area contributed by atoms with E-state index in [4.69, 9.17) is 4.55 Å². The normalized spacial score (nSPS) is 10.9. The standard InChI is InChI=1S/C11H16O4S.Na.H/c1-2-3-4-5-9-6-7-10(8-11(9)12)16(13,14)15;;/h6-8,12H,2-5H2,1H3,(H,13,14,15);;/q;+1;-1. The quantitative estimate of drug-likeness (QED) is 0.428. The van der Waals surface area contributed by atoms with Crippen LogP contribution in [0.5, 0.6) is 5.75 Å². The third-order valence-corrected chi connectivity index (χ3v) is 3.25. The number of aryl methyl sites for hydroxylation is 1. The zero-order valence-corrected chi connectivity index (χ0v) is 13.0. The summed E-state index contributed by atoms with van der Waals surface area (Å²) in [5, 5.41) is 9.58. The molecule has 0 fully saturated rings. The van der Waals surface area contributed by atoms with Gasteiger partial charge in [-0.05, 0) is 24.5 Å². The van der Waals surface area contributed by atoms with Gasteiger partial charge < -0.3 is 6.53 Å². The van der Waals surface area contributed by atoms with Gasteiger partial charge in [-0.3, -0.25) is 4.55 Å². The molecule has 0 radical (unpaired) electrons. The van der Waals surface area contributed by atoms with E-state index in [0.29, 0.717) is 12.0 Å². The van der Waals surface area contributed by atoms with Crippen LogP contribution in [0.3, 0.4) is 0 Å². The molecule has 0 saturated carbocycles. The van der Waals surface area contributed by atoms with Crippen LogP contribution in [0.25, 0.3) is 0 Å². The van der Waals surface area contributed by atoms with Gasteiger partial charge in [-0.15, -0.1) is 0 Å². The van der Waals surface area contributed by atoms with Gasteiger partial charge in [-0.2, -0.15) is 8.42 Å². The minimum absolute atomic E-state index is 0. The van der Waals surface area contributed by atoms with E-state index in [-0.39, 0.29) is 41.6 Å². The Labute approximate surface area is 126 Å². The first kappa shape index (κ1) is 16.9. The SMILES string of the molecule is CCCCCc1ccc(S(=O)(=O)O)cc1O.[H-].[Na+]. The molecule has 1 aromatic carbocycles. The molecular formula is C11H17NaO4S. The third kappa shape index (κ3) is 5.40. The van der Waals surface area contributed by atoms with Crippen LogP contribution in [0, 0.1) is 0 Å². The summed E-state index contributed by atoms with van der Waals surface area (Å²) in [6.45, 7) is 2.08. The van der Waals surface area contributed by atoms with Crippen LogP contribution in [0.1, 0.15) is 33.2 Å². The number of hydrogen-bond acceptors (Lipinski definition) is 3. The summed E-state index contributed by atoms with van der Waals surface area (Å²) >= 11 is 0. The summed E-state index contributed by atoms with van der Waals surface area (Å²) in [6.07, 6.45) is 3.82. The molecular weight excluding hydrogens is 251 g/mol. The first-order chi connectivity index (χ1) is 7.45. The third-order valence-electron chi connectivity index (χ3n) is 2.40. The van der Waals surface area contributed by atoms with Gasteiger partial charge in [0.25, 0.3) is 10.1 Å². The van der Waals surface area contributed by atoms with Crippen molar-refractivity contribution in [1.82, 2.24) is 0 Å². The Balaban J connectivity index is 0. The molecule has 0 amide bonds. The number of aromatic hydroxyl groups is 1. The van der Waals surface area contributed by atoms with Gasteiger partial charge in [-0.25, -0.2) is 0 Å². The van der Waals surface area contributed by atoms with E-state index >= 15 is 0 Å². The van der Waals surface area contributed by atoms with Crippen LogP contribution in [0.4, 0.5) is 0 Å². The second-order valence-corrected chi connectivity index (χ2v) is 5.14. The van der Waals surface area contributed by atoms with Crippen molar-refractivity contribution in [2.75, 3.05) is 0 Å². The number of benzene rings is 1. The van der Waals surface area contributed by atoms with Crippen LogP contribution in [0.15, 0.2) is 23.1 Å². The fourth-order valence-electron chi connectivity index (χ4n) is 1.48. The van der Waals surface area contributed by atoms with Crippen molar-refractivity contribution in [3.8, 4) is 5.75 Å². The van der Waals surface area contributed by atoms with Gasteiger partial charge in [0.2, 0.25) is 0 Å². The van der Waals surface area contributed by atoms with Crippen molar-refractivity contribution < 1.29 is 49.1 Å². The van der Waals surface area contributed by atoms with Crippen molar-refractivity contribution in [3.63, 3.8) is 0 Å². The zero-order chi connectivity index (χ0) is 12.2. The maximum Gasteiger partial charge on any atom is 1.00 e. The summed E-state index contributed by atoms with van der Waals surface area (Å²) < 4.78 is 30.4. The molecule has 0 aromatic heterocycles. The summed E-state index contributed by atoms with van der Waals surface area (Å²) in [4.78, 5) is -0.274. The van der Waals surface area contributed by atoms with Gasteiger partial charge in [0.15, 0.2) is 0 Å². The summed E-state index contributed by atoms with van der Waals surface area (Å²) in [5.74, 6) is -0.0776. The Kier molecular flexibility index (Phi) is 7.35. The summed E-state index contributed by atoms with van der Waals surface area (Å²) in [6, 6.07) is 3.92. The molecule has 6 heteroatoms. The van der Waals surface area contributed by atoms with Gasteiger partial charge >= 0.3 is 29.6 Å². The van der Waals surface area contributed by atoms with Crippen molar-refractivity contribution in [1.29, 1.82) is 0 Å². The smallest absolute Gasteiger partial charge is 1.00 e. The average molecular weight is 268 g/mol. The first-order valence-corrected chi connectivity index (χ1v) is 6.68. The average Bonchev–Trinajstić information content (AvgIpc) is 2.19. The Morgan fingerprint density at radius 3 is 2.41 bits per heavy atom. The number of phenols is 1. The molecule has 0 unspecified atom stereocenters. The molecule has 0 heterocycles. The van der Waals surface area contributed by atoms with Crippen molar-refractivity contribution >= 4 is 10.1 Å². The van der Waals surface area contributed by atoms with Crippen LogP contribution in [0.2, 0.25) is 0 Å². The second-order valence-electron chi connectivity index (χ2n) is 3.72. The fourth-order valence-corrected chi connectivity index (χ4v) is 1.98. The summed E-state index contributed by atoms with van der Waals surface area (Å²) in [7, 11) is -4.23. The predicted molar refractivity (Wildman–Crippen MR) is 62.3 cm³/mol. The van der Waals surface area contributed by atoms with E-state index in [1.165, 1.54) is 12.1 Å². The number of unbranched alkanes of at least 4 members (excludes halogenated alkanes) is 2. The number of hydrogen-bond donors (Lipinski definition) is 2. The van der Waals surface area contributed by atoms with E-state index < -0.39 is 10.1 Å². The van der Waals surface area contributed by atoms with Crippen LogP contribution >= 0.6 is 0 Å². The Morgan fingerprint density at radius 1 is 1.29 bits per heavy atom. The Hall–Kier alpha value is -0.0700. The van der Waals surface area contributed by atoms with Crippen LogP contribution in [-0.4, -0.2) is 18.1 Å². The molecule has 1 aromatic rings. The number of phenolic OH excluding ortho intramolecular Hbond substituents is 1.